The molecule has 0 heterocycles. The zero-order valence-electron chi connectivity index (χ0n) is 14.7. The van der Waals surface area contributed by atoms with Gasteiger partial charge in [-0.25, -0.2) is 5.43 Å². The Morgan fingerprint density at radius 1 is 1.20 bits per heavy atom. The number of rotatable bonds is 6. The quantitative estimate of drug-likeness (QED) is 0.584. The third-order valence-electron chi connectivity index (χ3n) is 3.58. The largest absolute Gasteiger partial charge is 0.497 e. The van der Waals surface area contributed by atoms with Crippen molar-refractivity contribution in [3.05, 3.63) is 57.6 Å². The molecule has 0 saturated heterocycles. The van der Waals surface area contributed by atoms with Crippen LogP contribution in [0.5, 0.6) is 11.5 Å². The van der Waals surface area contributed by atoms with Gasteiger partial charge in [-0.15, -0.1) is 0 Å². The lowest BCUT2D eigenvalue weighted by molar-refractivity contribution is -0.123. The predicted octanol–water partition coefficient (Wildman–Crippen LogP) is 3.99. The molecule has 0 fully saturated rings. The molecule has 0 aliphatic rings. The number of nitrogens with zero attached hydrogens (tertiary/aromatic N) is 1. The molecule has 25 heavy (non-hydrogen) atoms. The Balaban J connectivity index is 1.93. The van der Waals surface area contributed by atoms with E-state index in [9.17, 15) is 4.79 Å². The highest BCUT2D eigenvalue weighted by Crippen LogP contribution is 2.30. The van der Waals surface area contributed by atoms with Crippen molar-refractivity contribution in [1.29, 1.82) is 0 Å². The second-order valence-electron chi connectivity index (χ2n) is 5.64. The second-order valence-corrected chi connectivity index (χ2v) is 6.50. The van der Waals surface area contributed by atoms with E-state index in [1.54, 1.807) is 7.11 Å². The van der Waals surface area contributed by atoms with E-state index in [1.165, 1.54) is 0 Å². The maximum atomic E-state index is 12.0. The van der Waals surface area contributed by atoms with Gasteiger partial charge in [0.25, 0.3) is 5.91 Å². The van der Waals surface area contributed by atoms with Crippen LogP contribution in [0.1, 0.15) is 23.6 Å². The summed E-state index contributed by atoms with van der Waals surface area (Å²) in [5.74, 6) is 1.12. The molecular formula is C19H21BrN2O3. The molecule has 1 N–H and O–H groups in total. The van der Waals surface area contributed by atoms with Crippen LogP contribution < -0.4 is 14.9 Å². The summed E-state index contributed by atoms with van der Waals surface area (Å²) >= 11 is 3.46. The molecule has 6 heteroatoms. The number of hydrogen-bond donors (Lipinski definition) is 1. The first-order valence-electron chi connectivity index (χ1n) is 7.78. The minimum atomic E-state index is -0.320. The van der Waals surface area contributed by atoms with Crippen LogP contribution in [-0.2, 0) is 4.79 Å². The summed E-state index contributed by atoms with van der Waals surface area (Å²) in [5.41, 5.74) is 6.20. The van der Waals surface area contributed by atoms with E-state index in [1.807, 2.05) is 57.2 Å². The topological polar surface area (TPSA) is 59.9 Å². The van der Waals surface area contributed by atoms with Crippen LogP contribution in [-0.4, -0.2) is 25.3 Å². The van der Waals surface area contributed by atoms with Crippen LogP contribution in [0.3, 0.4) is 0 Å². The van der Waals surface area contributed by atoms with E-state index in [-0.39, 0.29) is 12.5 Å². The number of aryl methyl sites for hydroxylation is 2. The molecule has 2 aromatic carbocycles. The Labute approximate surface area is 156 Å². The van der Waals surface area contributed by atoms with Crippen molar-refractivity contribution in [2.45, 2.75) is 20.8 Å². The fourth-order valence-corrected chi connectivity index (χ4v) is 3.09. The highest BCUT2D eigenvalue weighted by Gasteiger charge is 2.09. The lowest BCUT2D eigenvalue weighted by atomic mass is 10.1. The molecule has 1 amide bonds. The number of ether oxygens (including phenoxy) is 2. The standard InChI is InChI=1S/C19H21BrN2O3/c1-12-9-13(2)19(17(20)10-12)25-11-18(23)22-21-14(3)15-5-7-16(24-4)8-6-15/h5-10H,11H2,1-4H3,(H,22,23). The fraction of sp³-hybridized carbons (Fsp3) is 0.263. The van der Waals surface area contributed by atoms with E-state index in [0.29, 0.717) is 11.5 Å². The van der Waals surface area contributed by atoms with Gasteiger partial charge in [0.15, 0.2) is 6.61 Å². The number of hydrazone groups is 1. The van der Waals surface area contributed by atoms with Gasteiger partial charge in [-0.2, -0.15) is 5.10 Å². The first-order chi connectivity index (χ1) is 11.9. The van der Waals surface area contributed by atoms with Crippen molar-refractivity contribution in [2.24, 2.45) is 5.10 Å². The number of carbonyl (C=O) groups excluding carboxylic acids is 1. The van der Waals surface area contributed by atoms with Gasteiger partial charge in [0.05, 0.1) is 17.3 Å². The van der Waals surface area contributed by atoms with Gasteiger partial charge in [-0.1, -0.05) is 6.07 Å². The van der Waals surface area contributed by atoms with Crippen LogP contribution in [0.4, 0.5) is 0 Å². The molecule has 0 spiro atoms. The van der Waals surface area contributed by atoms with Crippen LogP contribution in [0.2, 0.25) is 0 Å². The van der Waals surface area contributed by atoms with Crippen molar-refractivity contribution < 1.29 is 14.3 Å². The average Bonchev–Trinajstić information content (AvgIpc) is 2.58. The van der Waals surface area contributed by atoms with Crippen molar-refractivity contribution in [2.75, 3.05) is 13.7 Å². The molecule has 2 rings (SSSR count). The predicted molar refractivity (Wildman–Crippen MR) is 102 cm³/mol. The van der Waals surface area contributed by atoms with E-state index in [0.717, 1.165) is 26.9 Å². The molecule has 0 atom stereocenters. The molecular weight excluding hydrogens is 384 g/mol. The van der Waals surface area contributed by atoms with E-state index >= 15 is 0 Å². The molecule has 0 bridgehead atoms. The number of nitrogens with one attached hydrogen (secondary N) is 1. The lowest BCUT2D eigenvalue weighted by Gasteiger charge is -2.11. The smallest absolute Gasteiger partial charge is 0.277 e. The minimum Gasteiger partial charge on any atom is -0.497 e. The van der Waals surface area contributed by atoms with Crippen LogP contribution in [0.15, 0.2) is 46.0 Å². The first-order valence-corrected chi connectivity index (χ1v) is 8.57. The van der Waals surface area contributed by atoms with Gasteiger partial charge in [0, 0.05) is 0 Å². The van der Waals surface area contributed by atoms with Crippen molar-refractivity contribution in [1.82, 2.24) is 5.43 Å². The molecule has 0 radical (unpaired) electrons. The van der Waals surface area contributed by atoms with Crippen LogP contribution in [0.25, 0.3) is 0 Å². The fourth-order valence-electron chi connectivity index (χ4n) is 2.30. The summed E-state index contributed by atoms with van der Waals surface area (Å²) in [6, 6.07) is 11.4. The van der Waals surface area contributed by atoms with Crippen molar-refractivity contribution in [3.8, 4) is 11.5 Å². The molecule has 132 valence electrons. The van der Waals surface area contributed by atoms with E-state index < -0.39 is 0 Å². The van der Waals surface area contributed by atoms with Gasteiger partial charge in [-0.3, -0.25) is 4.79 Å². The van der Waals surface area contributed by atoms with Gasteiger partial charge < -0.3 is 9.47 Å². The normalized spacial score (nSPS) is 11.2. The van der Waals surface area contributed by atoms with Gasteiger partial charge >= 0.3 is 0 Å². The SMILES string of the molecule is COc1ccc(C(C)=NNC(=O)COc2c(C)cc(C)cc2Br)cc1. The Bertz CT molecular complexity index is 763. The maximum absolute atomic E-state index is 12.0. The molecule has 0 aromatic heterocycles. The van der Waals surface area contributed by atoms with Gasteiger partial charge in [0.2, 0.25) is 0 Å². The number of halogens is 1. The first kappa shape index (κ1) is 19.0. The Kier molecular flexibility index (Phi) is 6.58. The number of methoxy groups -OCH3 is 1. The highest BCUT2D eigenvalue weighted by atomic mass is 79.9. The van der Waals surface area contributed by atoms with Crippen LogP contribution >= 0.6 is 15.9 Å². The summed E-state index contributed by atoms with van der Waals surface area (Å²) in [6.45, 7) is 5.66. The summed E-state index contributed by atoms with van der Waals surface area (Å²) in [7, 11) is 1.62. The Morgan fingerprint density at radius 2 is 1.88 bits per heavy atom. The molecule has 5 nitrogen and oxygen atoms in total. The molecule has 0 aliphatic heterocycles. The summed E-state index contributed by atoms with van der Waals surface area (Å²) < 4.78 is 11.6. The third-order valence-corrected chi connectivity index (χ3v) is 4.17. The van der Waals surface area contributed by atoms with E-state index in [2.05, 4.69) is 26.5 Å². The zero-order valence-corrected chi connectivity index (χ0v) is 16.3. The monoisotopic (exact) mass is 404 g/mol. The number of carbonyl (C=O) groups is 1. The number of benzene rings is 2. The lowest BCUT2D eigenvalue weighted by Crippen LogP contribution is -2.25. The van der Waals surface area contributed by atoms with E-state index in [4.69, 9.17) is 9.47 Å². The van der Waals surface area contributed by atoms with Crippen LogP contribution in [0, 0.1) is 13.8 Å². The third kappa shape index (κ3) is 5.32. The summed E-state index contributed by atoms with van der Waals surface area (Å²) in [6.07, 6.45) is 0. The highest BCUT2D eigenvalue weighted by molar-refractivity contribution is 9.10. The average molecular weight is 405 g/mol. The molecule has 2 aromatic rings. The van der Waals surface area contributed by atoms with Gasteiger partial charge in [0.1, 0.15) is 11.5 Å². The maximum Gasteiger partial charge on any atom is 0.277 e. The summed E-state index contributed by atoms with van der Waals surface area (Å²) in [4.78, 5) is 12.0. The van der Waals surface area contributed by atoms with Crippen molar-refractivity contribution in [3.63, 3.8) is 0 Å². The number of hydrogen-bond acceptors (Lipinski definition) is 4. The minimum absolute atomic E-state index is 0.109. The van der Waals surface area contributed by atoms with Gasteiger partial charge in [-0.05, 0) is 83.7 Å². The molecule has 0 aliphatic carbocycles. The molecule has 0 unspecified atom stereocenters. The number of amides is 1. The Morgan fingerprint density at radius 3 is 2.48 bits per heavy atom. The Hall–Kier alpha value is -2.34. The summed E-state index contributed by atoms with van der Waals surface area (Å²) in [5, 5.41) is 4.11. The second kappa shape index (κ2) is 8.67. The van der Waals surface area contributed by atoms with Crippen molar-refractivity contribution >= 4 is 27.5 Å². The zero-order chi connectivity index (χ0) is 18.4. The molecule has 0 saturated carbocycles.